The number of fused-ring (bicyclic) bond motifs is 1. The molecule has 3 heterocycles. The normalized spacial score (nSPS) is 14.1. The zero-order chi connectivity index (χ0) is 22.9. The monoisotopic (exact) mass is 459 g/mol. The minimum Gasteiger partial charge on any atom is -0.368 e. The van der Waals surface area contributed by atoms with Crippen LogP contribution in [-0.2, 0) is 11.3 Å². The largest absolute Gasteiger partial charge is 0.368 e. The van der Waals surface area contributed by atoms with Crippen LogP contribution in [-0.4, -0.2) is 51.8 Å². The number of hydrogen-bond donors (Lipinski definition) is 0. The second-order valence-corrected chi connectivity index (χ2v) is 9.49. The average molecular weight is 460 g/mol. The van der Waals surface area contributed by atoms with Crippen LogP contribution in [0.1, 0.15) is 10.6 Å². The first kappa shape index (κ1) is 21.3. The summed E-state index contributed by atoms with van der Waals surface area (Å²) in [4.78, 5) is 34.7. The van der Waals surface area contributed by atoms with Crippen LogP contribution in [0.5, 0.6) is 0 Å². The lowest BCUT2D eigenvalue weighted by Crippen LogP contribution is -2.50. The molecule has 4 aromatic rings. The fraction of sp³-hybridized carbons (Fsp3) is 0.280. The van der Waals surface area contributed by atoms with Crippen molar-refractivity contribution in [2.24, 2.45) is 0 Å². The molecule has 7 nitrogen and oxygen atoms in total. The predicted octanol–water partition coefficient (Wildman–Crippen LogP) is 3.49. The van der Waals surface area contributed by atoms with E-state index in [-0.39, 0.29) is 18.0 Å². The summed E-state index contributed by atoms with van der Waals surface area (Å²) < 4.78 is 2.04. The SMILES string of the molecule is Cc1ccc(N2CCN(C(=O)Cn3nc(-c4ccccc4)c4sc(C)nc4c3=O)CC2)cc1. The molecular weight excluding hydrogens is 434 g/mol. The minimum absolute atomic E-state index is 0.0876. The van der Waals surface area contributed by atoms with Gasteiger partial charge in [0.25, 0.3) is 5.56 Å². The number of aryl methyl sites for hydroxylation is 2. The van der Waals surface area contributed by atoms with Crippen LogP contribution in [0.15, 0.2) is 59.4 Å². The first-order valence-corrected chi connectivity index (χ1v) is 11.8. The highest BCUT2D eigenvalue weighted by Gasteiger charge is 2.24. The Labute approximate surface area is 195 Å². The van der Waals surface area contributed by atoms with Crippen molar-refractivity contribution in [3.8, 4) is 11.3 Å². The summed E-state index contributed by atoms with van der Waals surface area (Å²) in [5.41, 5.74) is 4.05. The Hall–Kier alpha value is -3.52. The second kappa shape index (κ2) is 8.78. The van der Waals surface area contributed by atoms with Gasteiger partial charge in [0.05, 0.1) is 9.71 Å². The molecule has 0 spiro atoms. The van der Waals surface area contributed by atoms with Crippen LogP contribution < -0.4 is 10.5 Å². The number of carbonyl (C=O) groups excluding carboxylic acids is 1. The highest BCUT2D eigenvalue weighted by molar-refractivity contribution is 7.19. The molecule has 0 saturated carbocycles. The number of rotatable bonds is 4. The molecule has 2 aromatic carbocycles. The van der Waals surface area contributed by atoms with E-state index in [9.17, 15) is 9.59 Å². The summed E-state index contributed by atoms with van der Waals surface area (Å²) in [5.74, 6) is -0.0986. The van der Waals surface area contributed by atoms with Crippen molar-refractivity contribution in [2.75, 3.05) is 31.1 Å². The maximum atomic E-state index is 13.1. The molecule has 0 N–H and O–H groups in total. The lowest BCUT2D eigenvalue weighted by molar-refractivity contribution is -0.132. The van der Waals surface area contributed by atoms with Crippen LogP contribution in [0.25, 0.3) is 21.5 Å². The first-order valence-electron chi connectivity index (χ1n) is 11.0. The first-order chi connectivity index (χ1) is 16.0. The Morgan fingerprint density at radius 2 is 1.67 bits per heavy atom. The van der Waals surface area contributed by atoms with Crippen molar-refractivity contribution >= 4 is 33.1 Å². The molecule has 5 rings (SSSR count). The number of thiazole rings is 1. The van der Waals surface area contributed by atoms with Gasteiger partial charge in [0.15, 0.2) is 5.52 Å². The Balaban J connectivity index is 1.37. The van der Waals surface area contributed by atoms with Crippen LogP contribution in [0.2, 0.25) is 0 Å². The zero-order valence-electron chi connectivity index (χ0n) is 18.7. The van der Waals surface area contributed by atoms with Gasteiger partial charge in [-0.3, -0.25) is 9.59 Å². The molecule has 1 aliphatic rings. The fourth-order valence-electron chi connectivity index (χ4n) is 4.16. The molecule has 1 saturated heterocycles. The Bertz CT molecular complexity index is 1350. The minimum atomic E-state index is -0.319. The molecule has 2 aromatic heterocycles. The lowest BCUT2D eigenvalue weighted by atomic mass is 10.1. The molecule has 1 aliphatic heterocycles. The van der Waals surface area contributed by atoms with Gasteiger partial charge in [-0.05, 0) is 26.0 Å². The highest BCUT2D eigenvalue weighted by atomic mass is 32.1. The number of aromatic nitrogens is 3. The number of anilines is 1. The maximum Gasteiger partial charge on any atom is 0.294 e. The Morgan fingerprint density at radius 1 is 0.970 bits per heavy atom. The third-order valence-corrected chi connectivity index (χ3v) is 6.95. The van der Waals surface area contributed by atoms with Crippen molar-refractivity contribution in [2.45, 2.75) is 20.4 Å². The summed E-state index contributed by atoms with van der Waals surface area (Å²) in [6, 6.07) is 18.2. The number of hydrogen-bond acceptors (Lipinski definition) is 6. The van der Waals surface area contributed by atoms with Crippen LogP contribution in [0, 0.1) is 13.8 Å². The zero-order valence-corrected chi connectivity index (χ0v) is 19.5. The molecule has 0 radical (unpaired) electrons. The highest BCUT2D eigenvalue weighted by Crippen LogP contribution is 2.29. The smallest absolute Gasteiger partial charge is 0.294 e. The van der Waals surface area contributed by atoms with Crippen molar-refractivity contribution < 1.29 is 4.79 Å². The summed E-state index contributed by atoms with van der Waals surface area (Å²) in [6.45, 7) is 6.62. The van der Waals surface area contributed by atoms with Crippen molar-refractivity contribution in [1.29, 1.82) is 0 Å². The number of piperazine rings is 1. The molecule has 0 atom stereocenters. The number of nitrogens with zero attached hydrogens (tertiary/aromatic N) is 5. The van der Waals surface area contributed by atoms with E-state index in [4.69, 9.17) is 0 Å². The number of amides is 1. The molecule has 168 valence electrons. The molecular formula is C25H25N5O2S. The number of benzene rings is 2. The van der Waals surface area contributed by atoms with Crippen LogP contribution in [0.3, 0.4) is 0 Å². The van der Waals surface area contributed by atoms with Gasteiger partial charge in [-0.25, -0.2) is 9.67 Å². The van der Waals surface area contributed by atoms with E-state index in [1.54, 1.807) is 0 Å². The maximum absolute atomic E-state index is 13.1. The molecule has 1 amide bonds. The Kier molecular flexibility index (Phi) is 5.68. The average Bonchev–Trinajstić information content (AvgIpc) is 3.24. The van der Waals surface area contributed by atoms with Crippen molar-refractivity contribution in [3.05, 3.63) is 75.5 Å². The van der Waals surface area contributed by atoms with E-state index >= 15 is 0 Å². The third kappa shape index (κ3) is 4.26. The van der Waals surface area contributed by atoms with Gasteiger partial charge in [-0.2, -0.15) is 5.10 Å². The molecule has 1 fully saturated rings. The van der Waals surface area contributed by atoms with Crippen LogP contribution >= 0.6 is 11.3 Å². The standard InChI is InChI=1S/C25H25N5O2S/c1-17-8-10-20(11-9-17)28-12-14-29(15-13-28)21(31)16-30-25(32)23-24(33-18(2)26-23)22(27-30)19-6-4-3-5-7-19/h3-11H,12-16H2,1-2H3. The second-order valence-electron chi connectivity index (χ2n) is 8.29. The molecule has 0 unspecified atom stereocenters. The summed E-state index contributed by atoms with van der Waals surface area (Å²) in [7, 11) is 0. The van der Waals surface area contributed by atoms with E-state index in [0.29, 0.717) is 24.3 Å². The van der Waals surface area contributed by atoms with Crippen LogP contribution in [0.4, 0.5) is 5.69 Å². The van der Waals surface area contributed by atoms with Crippen molar-refractivity contribution in [1.82, 2.24) is 19.7 Å². The molecule has 0 bridgehead atoms. The third-order valence-electron chi connectivity index (χ3n) is 5.97. The summed E-state index contributed by atoms with van der Waals surface area (Å²) in [5, 5.41) is 5.41. The van der Waals surface area contributed by atoms with Gasteiger partial charge in [0.1, 0.15) is 12.2 Å². The van der Waals surface area contributed by atoms with Gasteiger partial charge in [-0.1, -0.05) is 48.0 Å². The van der Waals surface area contributed by atoms with Crippen molar-refractivity contribution in [3.63, 3.8) is 0 Å². The molecule has 0 aliphatic carbocycles. The quantitative estimate of drug-likeness (QED) is 0.467. The molecule has 33 heavy (non-hydrogen) atoms. The van der Waals surface area contributed by atoms with E-state index in [1.807, 2.05) is 42.2 Å². The van der Waals surface area contributed by atoms with E-state index in [2.05, 4.69) is 46.2 Å². The topological polar surface area (TPSA) is 71.3 Å². The van der Waals surface area contributed by atoms with Gasteiger partial charge >= 0.3 is 0 Å². The molecule has 8 heteroatoms. The van der Waals surface area contributed by atoms with Gasteiger partial charge in [-0.15, -0.1) is 11.3 Å². The van der Waals surface area contributed by atoms with E-state index < -0.39 is 0 Å². The predicted molar refractivity (Wildman–Crippen MR) is 132 cm³/mol. The van der Waals surface area contributed by atoms with E-state index in [0.717, 1.165) is 28.4 Å². The summed E-state index contributed by atoms with van der Waals surface area (Å²) in [6.07, 6.45) is 0. The van der Waals surface area contributed by atoms with Gasteiger partial charge in [0.2, 0.25) is 5.91 Å². The lowest BCUT2D eigenvalue weighted by Gasteiger charge is -2.36. The van der Waals surface area contributed by atoms with E-state index in [1.165, 1.54) is 27.3 Å². The summed E-state index contributed by atoms with van der Waals surface area (Å²) >= 11 is 1.45. The van der Waals surface area contributed by atoms with Gasteiger partial charge in [0, 0.05) is 37.4 Å². The number of carbonyl (C=O) groups is 1. The Morgan fingerprint density at radius 3 is 2.36 bits per heavy atom. The fourth-order valence-corrected chi connectivity index (χ4v) is 5.07. The van der Waals surface area contributed by atoms with Gasteiger partial charge < -0.3 is 9.80 Å².